The molecule has 9 heteroatoms. The lowest BCUT2D eigenvalue weighted by Gasteiger charge is -2.25. The van der Waals surface area contributed by atoms with Crippen molar-refractivity contribution in [1.29, 1.82) is 0 Å². The highest BCUT2D eigenvalue weighted by Gasteiger charge is 2.36. The van der Waals surface area contributed by atoms with Crippen molar-refractivity contribution < 1.29 is 18.0 Å². The molecule has 1 aliphatic rings. The number of hydrogen-bond donors (Lipinski definition) is 0. The summed E-state index contributed by atoms with van der Waals surface area (Å²) >= 11 is 6.25. The quantitative estimate of drug-likeness (QED) is 0.320. The van der Waals surface area contributed by atoms with Crippen LogP contribution in [0.2, 0.25) is 5.02 Å². The van der Waals surface area contributed by atoms with Crippen molar-refractivity contribution >= 4 is 17.5 Å². The number of alkyl halides is 3. The van der Waals surface area contributed by atoms with Gasteiger partial charge >= 0.3 is 6.18 Å². The molecule has 1 unspecified atom stereocenters. The van der Waals surface area contributed by atoms with Crippen molar-refractivity contribution in [3.8, 4) is 16.9 Å². The second-order valence-electron chi connectivity index (χ2n) is 8.30. The van der Waals surface area contributed by atoms with Gasteiger partial charge in [0, 0.05) is 30.1 Å². The summed E-state index contributed by atoms with van der Waals surface area (Å²) < 4.78 is 41.6. The summed E-state index contributed by atoms with van der Waals surface area (Å²) in [5, 5.41) is 4.05. The van der Waals surface area contributed by atoms with E-state index >= 15 is 0 Å². The minimum Gasteiger partial charge on any atom is -0.332 e. The molecule has 178 valence electrons. The summed E-state index contributed by atoms with van der Waals surface area (Å²) in [5.41, 5.74) is 1.45. The average Bonchev–Trinajstić information content (AvgIpc) is 3.53. The average molecular weight is 497 g/mol. The lowest BCUT2D eigenvalue weighted by atomic mass is 10.0. The molecule has 2 aromatic carbocycles. The zero-order valence-electron chi connectivity index (χ0n) is 18.4. The molecule has 0 radical (unpaired) electrons. The number of nitrogens with zero attached hydrogens (tertiary/aromatic N) is 4. The molecule has 35 heavy (non-hydrogen) atoms. The van der Waals surface area contributed by atoms with E-state index in [0.717, 1.165) is 24.5 Å². The molecular weight excluding hydrogens is 477 g/mol. The fourth-order valence-electron chi connectivity index (χ4n) is 4.41. The van der Waals surface area contributed by atoms with E-state index in [1.807, 2.05) is 17.0 Å². The predicted octanol–water partition coefficient (Wildman–Crippen LogP) is 6.58. The lowest BCUT2D eigenvalue weighted by molar-refractivity contribution is -0.141. The summed E-state index contributed by atoms with van der Waals surface area (Å²) in [7, 11) is 0. The minimum absolute atomic E-state index is 0.0492. The van der Waals surface area contributed by atoms with E-state index in [-0.39, 0.29) is 22.7 Å². The molecule has 0 aliphatic carbocycles. The Morgan fingerprint density at radius 2 is 1.80 bits per heavy atom. The van der Waals surface area contributed by atoms with Crippen molar-refractivity contribution in [2.75, 3.05) is 6.54 Å². The molecule has 5 rings (SSSR count). The molecule has 1 saturated heterocycles. The van der Waals surface area contributed by atoms with Gasteiger partial charge in [0.15, 0.2) is 5.69 Å². The number of amides is 1. The van der Waals surface area contributed by atoms with Gasteiger partial charge in [-0.05, 0) is 54.8 Å². The molecule has 1 atom stereocenters. The molecule has 4 aromatic rings. The molecule has 1 aliphatic heterocycles. The Labute approximate surface area is 204 Å². The summed E-state index contributed by atoms with van der Waals surface area (Å²) in [6.45, 7) is 0.633. The first-order valence-electron chi connectivity index (χ1n) is 11.1. The highest BCUT2D eigenvalue weighted by atomic mass is 35.5. The highest BCUT2D eigenvalue weighted by molar-refractivity contribution is 6.32. The Kier molecular flexibility index (Phi) is 6.06. The van der Waals surface area contributed by atoms with Gasteiger partial charge in [0.1, 0.15) is 0 Å². The van der Waals surface area contributed by atoms with Crippen LogP contribution in [0.4, 0.5) is 13.2 Å². The Balaban J connectivity index is 1.48. The van der Waals surface area contributed by atoms with Crippen LogP contribution in [0.25, 0.3) is 16.9 Å². The van der Waals surface area contributed by atoms with Crippen LogP contribution in [0.3, 0.4) is 0 Å². The van der Waals surface area contributed by atoms with E-state index in [1.165, 1.54) is 4.68 Å². The monoisotopic (exact) mass is 496 g/mol. The number of likely N-dealkylation sites (tertiary alicyclic amines) is 1. The van der Waals surface area contributed by atoms with Gasteiger partial charge in [-0.15, -0.1) is 0 Å². The third-order valence-corrected chi connectivity index (χ3v) is 6.41. The second kappa shape index (κ2) is 9.19. The van der Waals surface area contributed by atoms with Crippen LogP contribution < -0.4 is 0 Å². The molecular formula is C26H20ClF3N4O. The van der Waals surface area contributed by atoms with Crippen LogP contribution in [0, 0.1) is 0 Å². The fraction of sp³-hybridized carbons (Fsp3) is 0.192. The molecule has 0 N–H and O–H groups in total. The smallest absolute Gasteiger partial charge is 0.332 e. The normalized spacial score (nSPS) is 16.0. The maximum absolute atomic E-state index is 13.5. The van der Waals surface area contributed by atoms with Gasteiger partial charge in [0.25, 0.3) is 5.91 Å². The van der Waals surface area contributed by atoms with E-state index in [9.17, 15) is 18.0 Å². The van der Waals surface area contributed by atoms with E-state index in [1.54, 1.807) is 60.9 Å². The number of rotatable bonds is 4. The SMILES string of the molecule is O=C(c1ccc(-c2cc(C(F)(F)F)nn2-c2ccccc2Cl)cc1)N1CCCC1c1cccnc1. The van der Waals surface area contributed by atoms with Gasteiger partial charge in [-0.3, -0.25) is 9.78 Å². The standard InChI is InChI=1S/C26H20ClF3N4O/c27-20-6-1-2-7-22(20)34-23(15-24(32-34)26(28,29)30)17-9-11-18(12-10-17)25(35)33-14-4-8-21(33)19-5-3-13-31-16-19/h1-3,5-7,9-13,15-16,21H,4,8,14H2. The van der Waals surface area contributed by atoms with Gasteiger partial charge in [0.05, 0.1) is 22.4 Å². The van der Waals surface area contributed by atoms with E-state index in [0.29, 0.717) is 23.4 Å². The third-order valence-electron chi connectivity index (χ3n) is 6.09. The van der Waals surface area contributed by atoms with Gasteiger partial charge in [-0.1, -0.05) is 41.9 Å². The van der Waals surface area contributed by atoms with E-state index < -0.39 is 11.9 Å². The van der Waals surface area contributed by atoms with Gasteiger partial charge in [-0.25, -0.2) is 4.68 Å². The largest absolute Gasteiger partial charge is 0.435 e. The van der Waals surface area contributed by atoms with Gasteiger partial charge in [0.2, 0.25) is 0 Å². The summed E-state index contributed by atoms with van der Waals surface area (Å²) in [6, 6.07) is 17.8. The summed E-state index contributed by atoms with van der Waals surface area (Å²) in [4.78, 5) is 19.3. The molecule has 2 aromatic heterocycles. The third kappa shape index (κ3) is 4.53. The number of benzene rings is 2. The Bertz CT molecular complexity index is 1350. The maximum Gasteiger partial charge on any atom is 0.435 e. The molecule has 3 heterocycles. The van der Waals surface area contributed by atoms with Crippen molar-refractivity contribution in [3.05, 3.63) is 101 Å². The second-order valence-corrected chi connectivity index (χ2v) is 8.70. The molecule has 0 bridgehead atoms. The maximum atomic E-state index is 13.5. The number of hydrogen-bond acceptors (Lipinski definition) is 3. The number of para-hydroxylation sites is 1. The Morgan fingerprint density at radius 1 is 1.03 bits per heavy atom. The zero-order valence-corrected chi connectivity index (χ0v) is 19.2. The van der Waals surface area contributed by atoms with Gasteiger partial charge < -0.3 is 4.90 Å². The lowest BCUT2D eigenvalue weighted by Crippen LogP contribution is -2.30. The number of halogens is 4. The van der Waals surface area contributed by atoms with E-state index in [2.05, 4.69) is 10.1 Å². The van der Waals surface area contributed by atoms with Crippen LogP contribution in [-0.2, 0) is 6.18 Å². The first kappa shape index (κ1) is 23.1. The first-order valence-corrected chi connectivity index (χ1v) is 11.4. The topological polar surface area (TPSA) is 51.0 Å². The van der Waals surface area contributed by atoms with Crippen molar-refractivity contribution in [3.63, 3.8) is 0 Å². The number of pyridine rings is 1. The first-order chi connectivity index (χ1) is 16.8. The number of aromatic nitrogens is 3. The Morgan fingerprint density at radius 3 is 2.49 bits per heavy atom. The molecule has 1 amide bonds. The van der Waals surface area contributed by atoms with E-state index in [4.69, 9.17) is 11.6 Å². The van der Waals surface area contributed by atoms with Crippen LogP contribution >= 0.6 is 11.6 Å². The Hall–Kier alpha value is -3.65. The highest BCUT2D eigenvalue weighted by Crippen LogP contribution is 2.36. The van der Waals surface area contributed by atoms with Crippen LogP contribution in [-0.4, -0.2) is 32.1 Å². The number of carbonyl (C=O) groups is 1. The van der Waals surface area contributed by atoms with Crippen LogP contribution in [0.1, 0.15) is 40.5 Å². The molecule has 0 spiro atoms. The fourth-order valence-corrected chi connectivity index (χ4v) is 4.63. The molecule has 5 nitrogen and oxygen atoms in total. The van der Waals surface area contributed by atoms with Crippen LogP contribution in [0.5, 0.6) is 0 Å². The van der Waals surface area contributed by atoms with Crippen molar-refractivity contribution in [1.82, 2.24) is 19.7 Å². The van der Waals surface area contributed by atoms with Crippen LogP contribution in [0.15, 0.2) is 79.1 Å². The molecule has 0 saturated carbocycles. The molecule has 1 fully saturated rings. The summed E-state index contributed by atoms with van der Waals surface area (Å²) in [6.07, 6.45) is 0.593. The van der Waals surface area contributed by atoms with Gasteiger partial charge in [-0.2, -0.15) is 18.3 Å². The minimum atomic E-state index is -4.62. The zero-order chi connectivity index (χ0) is 24.6. The van der Waals surface area contributed by atoms with Crippen molar-refractivity contribution in [2.45, 2.75) is 25.1 Å². The predicted molar refractivity (Wildman–Crippen MR) is 126 cm³/mol. The van der Waals surface area contributed by atoms with Crippen molar-refractivity contribution in [2.24, 2.45) is 0 Å². The summed E-state index contributed by atoms with van der Waals surface area (Å²) in [5.74, 6) is -0.126. The number of carbonyl (C=O) groups excluding carboxylic acids is 1.